The molecule has 228 valence electrons. The van der Waals surface area contributed by atoms with Crippen molar-refractivity contribution in [3.05, 3.63) is 11.8 Å². The minimum Gasteiger partial charge on any atom is -0.480 e. The van der Waals surface area contributed by atoms with Gasteiger partial charge in [-0.1, -0.05) is 0 Å². The number of rotatable bonds is 13. The van der Waals surface area contributed by atoms with Crippen LogP contribution in [0.5, 0.6) is 0 Å². The summed E-state index contributed by atoms with van der Waals surface area (Å²) in [5.74, 6) is -4.69. The summed E-state index contributed by atoms with van der Waals surface area (Å²) in [6.07, 6.45) is 0.572. The lowest BCUT2D eigenvalue weighted by molar-refractivity contribution is -0.141. The smallest absolute Gasteiger partial charge is 0.352 e. The van der Waals surface area contributed by atoms with Crippen molar-refractivity contribution in [3.8, 4) is 0 Å². The molecule has 0 fully saturated rings. The monoisotopic (exact) mass is 625 g/mol. The third kappa shape index (κ3) is 31.7. The molecule has 0 aromatic rings. The van der Waals surface area contributed by atoms with E-state index in [1.165, 1.54) is 13.6 Å². The van der Waals surface area contributed by atoms with Gasteiger partial charge in [-0.2, -0.15) is 0 Å². The molecule has 0 heterocycles. The molecule has 0 bridgehead atoms. The summed E-state index contributed by atoms with van der Waals surface area (Å²) < 4.78 is 32.4. The predicted octanol–water partition coefficient (Wildman–Crippen LogP) is -0.454. The largest absolute Gasteiger partial charge is 0.480 e. The average molecular weight is 625 g/mol. The molecular weight excluding hydrogens is 587 g/mol. The molecule has 17 nitrogen and oxygen atoms in total. The zero-order valence-corrected chi connectivity index (χ0v) is 24.8. The highest BCUT2D eigenvalue weighted by molar-refractivity contribution is 7.57. The molecule has 20 heteroatoms. The van der Waals surface area contributed by atoms with Crippen LogP contribution in [0.2, 0.25) is 0 Å². The summed E-state index contributed by atoms with van der Waals surface area (Å²) in [5.41, 5.74) is 4.71. The van der Waals surface area contributed by atoms with Crippen molar-refractivity contribution in [1.82, 2.24) is 10.6 Å². The average Bonchev–Trinajstić information content (AvgIpc) is 2.70. The van der Waals surface area contributed by atoms with Crippen LogP contribution in [-0.2, 0) is 37.7 Å². The lowest BCUT2D eigenvalue weighted by Gasteiger charge is -2.13. The molecule has 0 aliphatic rings. The Kier molecular flexibility index (Phi) is 19.8. The Labute approximate surface area is 225 Å². The van der Waals surface area contributed by atoms with Crippen molar-refractivity contribution >= 4 is 51.8 Å². The fourth-order valence-electron chi connectivity index (χ4n) is 2.02. The van der Waals surface area contributed by atoms with Gasteiger partial charge in [-0.15, -0.1) is 0 Å². The van der Waals surface area contributed by atoms with Crippen LogP contribution in [0.3, 0.4) is 0 Å². The SMILES string of the molecule is CC(=O)N/C(=C\CP(C)(=O)O)C(=O)O.CC(=O)N[C@@H](CCP(C)(=O)O)C(=O)O.CP(=O)(O)CC[C@H](N)C(=O)O. The van der Waals surface area contributed by atoms with Crippen molar-refractivity contribution in [1.29, 1.82) is 0 Å². The predicted molar refractivity (Wildman–Crippen MR) is 141 cm³/mol. The van der Waals surface area contributed by atoms with Gasteiger partial charge in [0.1, 0.15) is 17.8 Å². The van der Waals surface area contributed by atoms with Crippen molar-refractivity contribution in [2.75, 3.05) is 38.5 Å². The Morgan fingerprint density at radius 1 is 0.769 bits per heavy atom. The molecule has 0 saturated carbocycles. The Bertz CT molecular complexity index is 1030. The highest BCUT2D eigenvalue weighted by Gasteiger charge is 2.21. The number of carbonyl (C=O) groups is 5. The van der Waals surface area contributed by atoms with Crippen molar-refractivity contribution in [2.24, 2.45) is 5.73 Å². The van der Waals surface area contributed by atoms with Crippen LogP contribution in [-0.4, -0.2) is 110 Å². The number of aliphatic carboxylic acids is 3. The van der Waals surface area contributed by atoms with Crippen molar-refractivity contribution in [2.45, 2.75) is 38.8 Å². The first-order valence-electron chi connectivity index (χ1n) is 10.8. The normalized spacial score (nSPS) is 17.0. The summed E-state index contributed by atoms with van der Waals surface area (Å²) in [6.45, 7) is 5.79. The van der Waals surface area contributed by atoms with Gasteiger partial charge in [-0.05, 0) is 18.9 Å². The molecule has 3 unspecified atom stereocenters. The Balaban J connectivity index is -0.000000503. The van der Waals surface area contributed by atoms with Gasteiger partial charge >= 0.3 is 17.9 Å². The second-order valence-corrected chi connectivity index (χ2v) is 16.1. The fourth-order valence-corrected chi connectivity index (χ4v) is 4.03. The van der Waals surface area contributed by atoms with E-state index in [1.807, 2.05) is 5.32 Å². The fraction of sp³-hybridized carbons (Fsp3) is 0.632. The lowest BCUT2D eigenvalue weighted by Crippen LogP contribution is -2.40. The van der Waals surface area contributed by atoms with Crippen molar-refractivity contribution in [3.63, 3.8) is 0 Å². The summed E-state index contributed by atoms with van der Waals surface area (Å²) >= 11 is 0. The third-order valence-electron chi connectivity index (χ3n) is 3.86. The minimum atomic E-state index is -3.29. The standard InChI is InChI=1S/C7H14NO5P.C7H12NO5P.C5H12NO4P/c2*1-5(9)8-6(7(10)11)3-4-14(2,12)13;1-11(9,10)3-2-4(6)5(7)8/h6H,3-4H2,1-2H3,(H,8,9)(H,10,11)(H,12,13);3H,4H2,1-2H3,(H,8,9)(H,10,11)(H,12,13);4H,2-3,6H2,1H3,(H,7,8)(H,9,10)/b;6-3-;/t6-;;4-/m0.0/s1. The third-order valence-corrected chi connectivity index (χ3v) is 6.89. The highest BCUT2D eigenvalue weighted by Crippen LogP contribution is 2.36. The first kappa shape index (κ1) is 41.1. The summed E-state index contributed by atoms with van der Waals surface area (Å²) in [6, 6.07) is -2.12. The number of nitrogens with one attached hydrogen (secondary N) is 2. The van der Waals surface area contributed by atoms with Crippen LogP contribution in [0.25, 0.3) is 0 Å². The van der Waals surface area contributed by atoms with Gasteiger partial charge < -0.3 is 46.4 Å². The van der Waals surface area contributed by atoms with E-state index >= 15 is 0 Å². The molecule has 0 aromatic heterocycles. The first-order valence-corrected chi connectivity index (χ1v) is 17.7. The van der Waals surface area contributed by atoms with E-state index in [0.29, 0.717) is 0 Å². The second kappa shape index (κ2) is 18.8. The maximum Gasteiger partial charge on any atom is 0.352 e. The quantitative estimate of drug-likeness (QED) is 0.0924. The second-order valence-electron chi connectivity index (χ2n) is 8.50. The van der Waals surface area contributed by atoms with E-state index in [9.17, 15) is 37.7 Å². The van der Waals surface area contributed by atoms with E-state index in [2.05, 4.69) is 5.32 Å². The molecule has 0 aliphatic carbocycles. The molecule has 2 amide bonds. The summed E-state index contributed by atoms with van der Waals surface area (Å²) in [5, 5.41) is 29.7. The van der Waals surface area contributed by atoms with Gasteiger partial charge in [0, 0.05) is 52.3 Å². The zero-order chi connectivity index (χ0) is 31.8. The number of carboxylic acids is 3. The van der Waals surface area contributed by atoms with Crippen LogP contribution >= 0.6 is 22.1 Å². The Morgan fingerprint density at radius 2 is 1.21 bits per heavy atom. The Hall–Kier alpha value is -2.38. The summed E-state index contributed by atoms with van der Waals surface area (Å²) in [4.78, 5) is 78.9. The lowest BCUT2D eigenvalue weighted by atomic mass is 10.2. The molecule has 39 heavy (non-hydrogen) atoms. The molecule has 0 spiro atoms. The maximum absolute atomic E-state index is 10.9. The molecule has 5 atom stereocenters. The number of carboxylic acid groups (broad SMARTS) is 3. The molecule has 0 radical (unpaired) electrons. The van der Waals surface area contributed by atoms with Gasteiger partial charge in [0.25, 0.3) is 0 Å². The molecule has 0 aromatic carbocycles. The number of carbonyl (C=O) groups excluding carboxylic acids is 2. The zero-order valence-electron chi connectivity index (χ0n) is 22.1. The van der Waals surface area contributed by atoms with Crippen molar-refractivity contribution < 1.29 is 67.7 Å². The van der Waals surface area contributed by atoms with E-state index < -0.39 is 63.9 Å². The first-order chi connectivity index (χ1) is 17.3. The van der Waals surface area contributed by atoms with Gasteiger partial charge in [0.15, 0.2) is 14.7 Å². The summed E-state index contributed by atoms with van der Waals surface area (Å²) in [7, 11) is -9.61. The van der Waals surface area contributed by atoms with Crippen LogP contribution in [0, 0.1) is 0 Å². The molecule has 0 rings (SSSR count). The van der Waals surface area contributed by atoms with Crippen LogP contribution in [0.1, 0.15) is 26.7 Å². The van der Waals surface area contributed by atoms with Gasteiger partial charge in [-0.3, -0.25) is 28.1 Å². The Morgan fingerprint density at radius 3 is 1.49 bits per heavy atom. The number of amides is 2. The number of hydrogen-bond donors (Lipinski definition) is 9. The van der Waals surface area contributed by atoms with E-state index in [4.69, 9.17) is 35.7 Å². The van der Waals surface area contributed by atoms with E-state index in [0.717, 1.165) is 26.3 Å². The number of nitrogens with two attached hydrogens (primary N) is 1. The number of hydrogen-bond acceptors (Lipinski definition) is 9. The number of allylic oxidation sites excluding steroid dienone is 1. The molecule has 0 aliphatic heterocycles. The van der Waals surface area contributed by atoms with E-state index in [-0.39, 0.29) is 37.0 Å². The topological polar surface area (TPSA) is 308 Å². The minimum absolute atomic E-state index is 0.0412. The highest BCUT2D eigenvalue weighted by atomic mass is 31.2. The van der Waals surface area contributed by atoms with Crippen LogP contribution in [0.15, 0.2) is 11.8 Å². The molecule has 0 saturated heterocycles. The maximum atomic E-state index is 10.9. The van der Waals surface area contributed by atoms with Crippen LogP contribution < -0.4 is 16.4 Å². The van der Waals surface area contributed by atoms with Gasteiger partial charge in [0.2, 0.25) is 19.2 Å². The van der Waals surface area contributed by atoms with Crippen LogP contribution in [0.4, 0.5) is 0 Å². The molecule has 10 N–H and O–H groups in total. The van der Waals surface area contributed by atoms with Gasteiger partial charge in [0.05, 0.1) is 0 Å². The van der Waals surface area contributed by atoms with E-state index in [1.54, 1.807) is 0 Å². The molecular formula is C19H38N3O14P3. The van der Waals surface area contributed by atoms with Gasteiger partial charge in [-0.25, -0.2) is 9.59 Å².